The van der Waals surface area contributed by atoms with Crippen molar-refractivity contribution in [3.63, 3.8) is 0 Å². The van der Waals surface area contributed by atoms with Crippen LogP contribution in [0.2, 0.25) is 0 Å². The van der Waals surface area contributed by atoms with E-state index in [1.807, 2.05) is 12.1 Å². The molecule has 1 unspecified atom stereocenters. The van der Waals surface area contributed by atoms with Crippen molar-refractivity contribution in [1.82, 2.24) is 9.97 Å². The van der Waals surface area contributed by atoms with Gasteiger partial charge in [-0.1, -0.05) is 0 Å². The van der Waals surface area contributed by atoms with Gasteiger partial charge in [0.05, 0.1) is 23.9 Å². The van der Waals surface area contributed by atoms with Crippen LogP contribution < -0.4 is 10.2 Å². The largest absolute Gasteiger partial charge is 0.465 e. The normalized spacial score (nSPS) is 16.7. The van der Waals surface area contributed by atoms with Crippen LogP contribution in [0.15, 0.2) is 40.4 Å². The molecule has 27 heavy (non-hydrogen) atoms. The van der Waals surface area contributed by atoms with Crippen LogP contribution in [-0.2, 0) is 9.53 Å². The Kier molecular flexibility index (Phi) is 4.79. The molecular formula is C18H15BrN4O3S. The van der Waals surface area contributed by atoms with Crippen LogP contribution in [-0.4, -0.2) is 41.5 Å². The molecule has 9 heteroatoms. The molecule has 0 aliphatic carbocycles. The summed E-state index contributed by atoms with van der Waals surface area (Å²) in [4.78, 5) is 35.2. The SMILES string of the molecule is COC(=O)c1ccsc1N1CCC(Nc2ccnc3cc(Br)cnc23)C1=O. The molecule has 7 nitrogen and oxygen atoms in total. The number of carbonyl (C=O) groups is 2. The maximum Gasteiger partial charge on any atom is 0.340 e. The lowest BCUT2D eigenvalue weighted by Crippen LogP contribution is -2.33. The van der Waals surface area contributed by atoms with Crippen molar-refractivity contribution < 1.29 is 14.3 Å². The molecule has 0 saturated carbocycles. The number of fused-ring (bicyclic) bond motifs is 1. The zero-order valence-corrected chi connectivity index (χ0v) is 16.7. The molecule has 3 aromatic rings. The highest BCUT2D eigenvalue weighted by molar-refractivity contribution is 9.10. The van der Waals surface area contributed by atoms with Gasteiger partial charge < -0.3 is 15.0 Å². The second-order valence-corrected chi connectivity index (χ2v) is 7.80. The fourth-order valence-electron chi connectivity index (χ4n) is 3.10. The molecule has 1 fully saturated rings. The molecule has 1 aliphatic heterocycles. The Hall–Kier alpha value is -2.52. The number of anilines is 2. The van der Waals surface area contributed by atoms with Crippen molar-refractivity contribution in [2.75, 3.05) is 23.9 Å². The minimum atomic E-state index is -0.439. The van der Waals surface area contributed by atoms with Crippen LogP contribution in [0.4, 0.5) is 10.7 Å². The van der Waals surface area contributed by atoms with Gasteiger partial charge in [0, 0.05) is 23.4 Å². The van der Waals surface area contributed by atoms with Crippen LogP contribution >= 0.6 is 27.3 Å². The molecular weight excluding hydrogens is 432 g/mol. The Morgan fingerprint density at radius 2 is 2.26 bits per heavy atom. The van der Waals surface area contributed by atoms with Crippen LogP contribution in [0.3, 0.4) is 0 Å². The minimum absolute atomic E-state index is 0.0790. The van der Waals surface area contributed by atoms with E-state index in [1.165, 1.54) is 18.4 Å². The molecule has 1 aliphatic rings. The standard InChI is InChI=1S/C18H15BrN4O3S/c1-26-18(25)11-4-7-27-17(11)23-6-3-13(16(23)24)22-12-2-5-20-14-8-10(19)9-21-15(12)14/h2,4-5,7-9,13H,3,6H2,1H3,(H,20,22). The number of methoxy groups -OCH3 is 1. The predicted octanol–water partition coefficient (Wildman–Crippen LogP) is 3.46. The van der Waals surface area contributed by atoms with Gasteiger partial charge in [0.2, 0.25) is 5.91 Å². The number of halogens is 1. The molecule has 0 spiro atoms. The summed E-state index contributed by atoms with van der Waals surface area (Å²) in [5.74, 6) is -0.518. The minimum Gasteiger partial charge on any atom is -0.465 e. The summed E-state index contributed by atoms with van der Waals surface area (Å²) < 4.78 is 5.65. The zero-order valence-electron chi connectivity index (χ0n) is 14.3. The number of hydrogen-bond acceptors (Lipinski definition) is 7. The first-order valence-corrected chi connectivity index (χ1v) is 9.89. The number of ether oxygens (including phenoxy) is 1. The molecule has 1 atom stereocenters. The maximum absolute atomic E-state index is 12.9. The van der Waals surface area contributed by atoms with E-state index >= 15 is 0 Å². The van der Waals surface area contributed by atoms with Gasteiger partial charge in [-0.25, -0.2) is 4.79 Å². The molecule has 4 rings (SSSR count). The molecule has 0 aromatic carbocycles. The van der Waals surface area contributed by atoms with E-state index in [0.29, 0.717) is 29.0 Å². The average molecular weight is 447 g/mol. The smallest absolute Gasteiger partial charge is 0.340 e. The third-order valence-electron chi connectivity index (χ3n) is 4.37. The Balaban J connectivity index is 1.59. The van der Waals surface area contributed by atoms with Crippen LogP contribution in [0, 0.1) is 0 Å². The molecule has 0 bridgehead atoms. The number of amides is 1. The molecule has 1 amide bonds. The Bertz CT molecular complexity index is 1040. The van der Waals surface area contributed by atoms with Gasteiger partial charge in [0.1, 0.15) is 16.6 Å². The number of pyridine rings is 2. The highest BCUT2D eigenvalue weighted by Crippen LogP contribution is 2.33. The number of carbonyl (C=O) groups excluding carboxylic acids is 2. The lowest BCUT2D eigenvalue weighted by molar-refractivity contribution is -0.117. The van der Waals surface area contributed by atoms with Crippen molar-refractivity contribution in [3.05, 3.63) is 46.0 Å². The van der Waals surface area contributed by atoms with E-state index in [2.05, 4.69) is 31.2 Å². The third kappa shape index (κ3) is 3.28. The van der Waals surface area contributed by atoms with Crippen LogP contribution in [0.25, 0.3) is 11.0 Å². The van der Waals surface area contributed by atoms with E-state index in [-0.39, 0.29) is 5.91 Å². The monoisotopic (exact) mass is 446 g/mol. The first-order chi connectivity index (χ1) is 13.1. The van der Waals surface area contributed by atoms with Gasteiger partial charge in [-0.05, 0) is 45.9 Å². The zero-order chi connectivity index (χ0) is 19.0. The number of esters is 1. The van der Waals surface area contributed by atoms with E-state index in [1.54, 1.807) is 28.7 Å². The van der Waals surface area contributed by atoms with Gasteiger partial charge in [0.15, 0.2) is 0 Å². The molecule has 1 N–H and O–H groups in total. The van der Waals surface area contributed by atoms with Gasteiger partial charge in [-0.15, -0.1) is 11.3 Å². The number of thiophene rings is 1. The average Bonchev–Trinajstić information content (AvgIpc) is 3.28. The van der Waals surface area contributed by atoms with Crippen molar-refractivity contribution in [1.29, 1.82) is 0 Å². The van der Waals surface area contributed by atoms with Gasteiger partial charge in [0.25, 0.3) is 0 Å². The summed E-state index contributed by atoms with van der Waals surface area (Å²) in [5, 5.41) is 5.70. The second kappa shape index (κ2) is 7.24. The quantitative estimate of drug-likeness (QED) is 0.617. The number of nitrogens with one attached hydrogen (secondary N) is 1. The van der Waals surface area contributed by atoms with E-state index in [9.17, 15) is 9.59 Å². The third-order valence-corrected chi connectivity index (χ3v) is 5.74. The summed E-state index contributed by atoms with van der Waals surface area (Å²) >= 11 is 4.74. The topological polar surface area (TPSA) is 84.4 Å². The van der Waals surface area contributed by atoms with E-state index in [4.69, 9.17) is 4.74 Å². The first-order valence-electron chi connectivity index (χ1n) is 8.22. The lowest BCUT2D eigenvalue weighted by Gasteiger charge is -2.17. The summed E-state index contributed by atoms with van der Waals surface area (Å²) in [6.07, 6.45) is 4.01. The molecule has 3 aromatic heterocycles. The summed E-state index contributed by atoms with van der Waals surface area (Å²) in [6, 6.07) is 4.97. The highest BCUT2D eigenvalue weighted by Gasteiger charge is 2.35. The van der Waals surface area contributed by atoms with Crippen molar-refractivity contribution in [2.45, 2.75) is 12.5 Å². The number of hydrogen-bond donors (Lipinski definition) is 1. The van der Waals surface area contributed by atoms with Gasteiger partial charge in [-0.2, -0.15) is 0 Å². The fourth-order valence-corrected chi connectivity index (χ4v) is 4.34. The molecule has 1 saturated heterocycles. The Morgan fingerprint density at radius 1 is 1.41 bits per heavy atom. The molecule has 0 radical (unpaired) electrons. The number of rotatable bonds is 4. The van der Waals surface area contributed by atoms with Crippen molar-refractivity contribution >= 4 is 60.9 Å². The van der Waals surface area contributed by atoms with Crippen molar-refractivity contribution in [2.24, 2.45) is 0 Å². The van der Waals surface area contributed by atoms with E-state index < -0.39 is 12.0 Å². The Labute approximate surface area is 167 Å². The van der Waals surface area contributed by atoms with Crippen molar-refractivity contribution in [3.8, 4) is 0 Å². The summed E-state index contributed by atoms with van der Waals surface area (Å²) in [6.45, 7) is 0.531. The van der Waals surface area contributed by atoms with Crippen LogP contribution in [0.5, 0.6) is 0 Å². The first kappa shape index (κ1) is 17.9. The number of nitrogens with zero attached hydrogens (tertiary/aromatic N) is 3. The molecule has 138 valence electrons. The maximum atomic E-state index is 12.9. The van der Waals surface area contributed by atoms with Gasteiger partial charge >= 0.3 is 5.97 Å². The molecule has 4 heterocycles. The second-order valence-electron chi connectivity index (χ2n) is 5.99. The van der Waals surface area contributed by atoms with E-state index in [0.717, 1.165) is 15.7 Å². The summed E-state index contributed by atoms with van der Waals surface area (Å²) in [7, 11) is 1.33. The predicted molar refractivity (Wildman–Crippen MR) is 107 cm³/mol. The number of aromatic nitrogens is 2. The summed E-state index contributed by atoms with van der Waals surface area (Å²) in [5.41, 5.74) is 2.62. The fraction of sp³-hybridized carbons (Fsp3) is 0.222. The lowest BCUT2D eigenvalue weighted by atomic mass is 10.2. The highest BCUT2D eigenvalue weighted by atomic mass is 79.9. The van der Waals surface area contributed by atoms with Gasteiger partial charge in [-0.3, -0.25) is 14.8 Å². The van der Waals surface area contributed by atoms with Crippen LogP contribution in [0.1, 0.15) is 16.8 Å². The Morgan fingerprint density at radius 3 is 3.07 bits per heavy atom.